The highest BCUT2D eigenvalue weighted by atomic mass is 32.2. The number of rotatable bonds is 8. The summed E-state index contributed by atoms with van der Waals surface area (Å²) in [5.41, 5.74) is 3.11. The predicted octanol–water partition coefficient (Wildman–Crippen LogP) is 7.59. The van der Waals surface area contributed by atoms with E-state index in [0.717, 1.165) is 16.5 Å². The number of pyridine rings is 1. The molecule has 6 aromatic rings. The summed E-state index contributed by atoms with van der Waals surface area (Å²) in [6.45, 7) is 1.76. The third kappa shape index (κ3) is 5.08. The van der Waals surface area contributed by atoms with E-state index >= 15 is 0 Å². The zero-order valence-corrected chi connectivity index (χ0v) is 25.7. The van der Waals surface area contributed by atoms with E-state index in [2.05, 4.69) is 44.4 Å². The molecule has 0 saturated carbocycles. The van der Waals surface area contributed by atoms with Crippen LogP contribution in [0.2, 0.25) is 0 Å². The number of aliphatic hydroxyl groups is 1. The Labute approximate surface area is 264 Å². The lowest BCUT2D eigenvalue weighted by atomic mass is 9.96. The van der Waals surface area contributed by atoms with Crippen molar-refractivity contribution >= 4 is 62.0 Å². The molecule has 216 valence electrons. The molecule has 0 fully saturated rings. The minimum atomic E-state index is -0.936. The molecule has 1 amide bonds. The first-order valence-corrected chi connectivity index (χ1v) is 16.3. The third-order valence-electron chi connectivity index (χ3n) is 7.31. The Hall–Kier alpha value is -4.71. The van der Waals surface area contributed by atoms with Crippen molar-refractivity contribution in [1.29, 1.82) is 0 Å². The van der Waals surface area contributed by atoms with Gasteiger partial charge < -0.3 is 5.11 Å². The Morgan fingerprint density at radius 1 is 0.955 bits per heavy atom. The van der Waals surface area contributed by atoms with Crippen LogP contribution in [0.25, 0.3) is 21.3 Å². The molecule has 1 atom stereocenters. The quantitative estimate of drug-likeness (QED) is 0.104. The number of thioether (sulfide) groups is 1. The summed E-state index contributed by atoms with van der Waals surface area (Å²) < 4.78 is 0.663. The SMILES string of the molecule is Cc1nc(-c2ccccc2)sc1C(=O)C1=C(O)C(=O)N(c2nnc(SCc3cccc4ccccc34)s2)[C@H]1c1cccnc1. The molecule has 0 radical (unpaired) electrons. The molecule has 3 aromatic heterocycles. The molecule has 0 spiro atoms. The fourth-order valence-corrected chi connectivity index (χ4v) is 8.13. The van der Waals surface area contributed by atoms with Gasteiger partial charge in [-0.05, 0) is 34.9 Å². The number of benzene rings is 3. The molecule has 1 aliphatic rings. The summed E-state index contributed by atoms with van der Waals surface area (Å²) >= 11 is 3.99. The fourth-order valence-electron chi connectivity index (χ4n) is 5.24. The minimum absolute atomic E-state index is 0.0329. The molecular weight excluding hydrogens is 611 g/mol. The Morgan fingerprint density at radius 2 is 1.75 bits per heavy atom. The zero-order chi connectivity index (χ0) is 30.2. The number of aliphatic hydroxyl groups excluding tert-OH is 1. The Bertz CT molecular complexity index is 2050. The van der Waals surface area contributed by atoms with Crippen LogP contribution in [0.5, 0.6) is 0 Å². The van der Waals surface area contributed by atoms with E-state index in [1.165, 1.54) is 44.7 Å². The smallest absolute Gasteiger partial charge is 0.296 e. The van der Waals surface area contributed by atoms with E-state index in [9.17, 15) is 14.7 Å². The van der Waals surface area contributed by atoms with E-state index in [1.807, 2.05) is 48.5 Å². The van der Waals surface area contributed by atoms with Crippen LogP contribution in [-0.4, -0.2) is 37.0 Å². The Balaban J connectivity index is 1.21. The number of hydrogen-bond donors (Lipinski definition) is 1. The molecule has 3 aromatic carbocycles. The van der Waals surface area contributed by atoms with Gasteiger partial charge in [-0.1, -0.05) is 102 Å². The molecule has 4 heterocycles. The average molecular weight is 634 g/mol. The molecule has 0 saturated heterocycles. The number of aryl methyl sites for hydroxylation is 1. The monoisotopic (exact) mass is 633 g/mol. The lowest BCUT2D eigenvalue weighted by Crippen LogP contribution is -2.31. The second kappa shape index (κ2) is 11.8. The first-order valence-electron chi connectivity index (χ1n) is 13.7. The van der Waals surface area contributed by atoms with Crippen LogP contribution in [0.3, 0.4) is 0 Å². The van der Waals surface area contributed by atoms with Crippen molar-refractivity contribution in [3.63, 3.8) is 0 Å². The van der Waals surface area contributed by atoms with E-state index in [1.54, 1.807) is 31.5 Å². The maximum atomic E-state index is 14.1. The van der Waals surface area contributed by atoms with E-state index in [-0.39, 0.29) is 10.7 Å². The van der Waals surface area contributed by atoms with Crippen LogP contribution < -0.4 is 4.90 Å². The van der Waals surface area contributed by atoms with Crippen LogP contribution in [0.15, 0.2) is 113 Å². The average Bonchev–Trinajstić information content (AvgIpc) is 3.76. The van der Waals surface area contributed by atoms with Gasteiger partial charge in [0.1, 0.15) is 5.01 Å². The molecule has 7 rings (SSSR count). The number of hydrogen-bond acceptors (Lipinski definition) is 10. The summed E-state index contributed by atoms with van der Waals surface area (Å²) in [5, 5.41) is 23.2. The Morgan fingerprint density at radius 3 is 2.57 bits per heavy atom. The number of carbonyl (C=O) groups excluding carboxylic acids is 2. The minimum Gasteiger partial charge on any atom is -0.503 e. The van der Waals surface area contributed by atoms with E-state index < -0.39 is 23.5 Å². The molecular formula is C33H23N5O3S3. The van der Waals surface area contributed by atoms with Crippen molar-refractivity contribution < 1.29 is 14.7 Å². The highest BCUT2D eigenvalue weighted by Crippen LogP contribution is 2.45. The van der Waals surface area contributed by atoms with Gasteiger partial charge in [0.15, 0.2) is 10.1 Å². The lowest BCUT2D eigenvalue weighted by molar-refractivity contribution is -0.117. The number of nitrogens with zero attached hydrogens (tertiary/aromatic N) is 5. The van der Waals surface area contributed by atoms with Crippen LogP contribution in [0.4, 0.5) is 5.13 Å². The fraction of sp³-hybridized carbons (Fsp3) is 0.0909. The normalized spacial score (nSPS) is 15.0. The lowest BCUT2D eigenvalue weighted by Gasteiger charge is -2.23. The molecule has 11 heteroatoms. The van der Waals surface area contributed by atoms with E-state index in [0.29, 0.717) is 31.2 Å². The van der Waals surface area contributed by atoms with Gasteiger partial charge in [0.25, 0.3) is 5.91 Å². The third-order valence-corrected chi connectivity index (χ3v) is 10.6. The summed E-state index contributed by atoms with van der Waals surface area (Å²) in [4.78, 5) is 38.3. The van der Waals surface area contributed by atoms with Gasteiger partial charge in [0.2, 0.25) is 10.9 Å². The molecule has 8 nitrogen and oxygen atoms in total. The second-order valence-electron chi connectivity index (χ2n) is 10.0. The van der Waals surface area contributed by atoms with E-state index in [4.69, 9.17) is 0 Å². The summed E-state index contributed by atoms with van der Waals surface area (Å²) in [6.07, 6.45) is 3.20. The molecule has 1 N–H and O–H groups in total. The van der Waals surface area contributed by atoms with Crippen molar-refractivity contribution in [2.45, 2.75) is 23.1 Å². The van der Waals surface area contributed by atoms with Crippen LogP contribution in [0, 0.1) is 6.92 Å². The molecule has 0 unspecified atom stereocenters. The summed E-state index contributed by atoms with van der Waals surface area (Å²) in [5.74, 6) is -1.12. The number of carbonyl (C=O) groups is 2. The van der Waals surface area contributed by atoms with Crippen LogP contribution >= 0.6 is 34.4 Å². The number of ketones is 1. The number of anilines is 1. The summed E-state index contributed by atoms with van der Waals surface area (Å²) in [6, 6.07) is 26.6. The summed E-state index contributed by atoms with van der Waals surface area (Å²) in [7, 11) is 0. The molecule has 1 aliphatic heterocycles. The van der Waals surface area contributed by atoms with Crippen molar-refractivity contribution in [3.8, 4) is 10.6 Å². The first kappa shape index (κ1) is 28.1. The van der Waals surface area contributed by atoms with Gasteiger partial charge in [0, 0.05) is 23.7 Å². The maximum absolute atomic E-state index is 14.1. The maximum Gasteiger partial charge on any atom is 0.296 e. The van der Waals surface area contributed by atoms with Crippen molar-refractivity contribution in [2.75, 3.05) is 4.90 Å². The van der Waals surface area contributed by atoms with Crippen molar-refractivity contribution in [3.05, 3.63) is 130 Å². The van der Waals surface area contributed by atoms with Gasteiger partial charge in [-0.3, -0.25) is 19.5 Å². The molecule has 0 aliphatic carbocycles. The molecule has 44 heavy (non-hydrogen) atoms. The standard InChI is InChI=1S/C33H23N5O3S3/c1-19-29(43-30(35-19)21-10-3-2-4-11-21)27(39)25-26(22-14-8-16-34-17-22)38(31(41)28(25)40)32-36-37-33(44-32)42-18-23-13-7-12-20-9-5-6-15-24(20)23/h2-17,26,40H,18H2,1H3/t26-/m0/s1. The highest BCUT2D eigenvalue weighted by molar-refractivity contribution is 8.00. The van der Waals surface area contributed by atoms with Crippen LogP contribution in [0.1, 0.15) is 32.5 Å². The van der Waals surface area contributed by atoms with Gasteiger partial charge in [-0.2, -0.15) is 0 Å². The van der Waals surface area contributed by atoms with Crippen molar-refractivity contribution in [1.82, 2.24) is 20.2 Å². The number of Topliss-reactive ketones (excluding diaryl/α,β-unsaturated/α-hetero) is 1. The number of aromatic nitrogens is 4. The zero-order valence-electron chi connectivity index (χ0n) is 23.2. The topological polar surface area (TPSA) is 109 Å². The number of thiazole rings is 1. The van der Waals surface area contributed by atoms with Gasteiger partial charge in [-0.15, -0.1) is 21.5 Å². The highest BCUT2D eigenvalue weighted by Gasteiger charge is 2.47. The second-order valence-corrected chi connectivity index (χ2v) is 13.2. The molecule has 0 bridgehead atoms. The van der Waals surface area contributed by atoms with Crippen LogP contribution in [-0.2, 0) is 10.5 Å². The Kier molecular flexibility index (Phi) is 7.51. The van der Waals surface area contributed by atoms with Gasteiger partial charge in [0.05, 0.1) is 22.2 Å². The first-order chi connectivity index (χ1) is 21.5. The number of amides is 1. The van der Waals surface area contributed by atoms with Gasteiger partial charge in [-0.25, -0.2) is 4.98 Å². The largest absolute Gasteiger partial charge is 0.503 e. The predicted molar refractivity (Wildman–Crippen MR) is 174 cm³/mol. The van der Waals surface area contributed by atoms with Crippen molar-refractivity contribution in [2.24, 2.45) is 0 Å². The van der Waals surface area contributed by atoms with Gasteiger partial charge >= 0.3 is 0 Å². The number of fused-ring (bicyclic) bond motifs is 1.